The van der Waals surface area contributed by atoms with Gasteiger partial charge < -0.3 is 0 Å². The molecule has 2 aromatic carbocycles. The van der Waals surface area contributed by atoms with E-state index in [4.69, 9.17) is 0 Å². The number of anilines is 1. The van der Waals surface area contributed by atoms with Gasteiger partial charge in [0.1, 0.15) is 0 Å². The van der Waals surface area contributed by atoms with Crippen LogP contribution in [0.2, 0.25) is 0 Å². The second kappa shape index (κ2) is 6.76. The normalized spacial score (nSPS) is 11.3. The maximum atomic E-state index is 12.6. The third-order valence-electron chi connectivity index (χ3n) is 4.16. The van der Waals surface area contributed by atoms with Crippen LogP contribution in [-0.2, 0) is 17.1 Å². The van der Waals surface area contributed by atoms with Gasteiger partial charge in [-0.25, -0.2) is 13.1 Å². The van der Waals surface area contributed by atoms with E-state index < -0.39 is 10.0 Å². The molecule has 0 unspecified atom stereocenters. The van der Waals surface area contributed by atoms with Crippen molar-refractivity contribution in [3.63, 3.8) is 0 Å². The highest BCUT2D eigenvalue weighted by Crippen LogP contribution is 2.23. The summed E-state index contributed by atoms with van der Waals surface area (Å²) in [6.45, 7) is 3.81. The molecule has 3 rings (SSSR count). The molecule has 0 fully saturated rings. The average molecular weight is 369 g/mol. The van der Waals surface area contributed by atoms with Gasteiger partial charge in [0.25, 0.3) is 15.6 Å². The topological polar surface area (TPSA) is 81.1 Å². The first-order valence-corrected chi connectivity index (χ1v) is 9.49. The SMILES string of the molecule is Cc1ccc(S(=O)(=O)Nc2cccc(-c3ccc(=O)n(C)n3)c2)cc1C. The second-order valence-corrected chi connectivity index (χ2v) is 7.80. The van der Waals surface area contributed by atoms with Crippen LogP contribution in [-0.4, -0.2) is 18.2 Å². The summed E-state index contributed by atoms with van der Waals surface area (Å²) in [6.07, 6.45) is 0. The average Bonchev–Trinajstić information content (AvgIpc) is 2.59. The number of aryl methyl sites for hydroxylation is 3. The minimum absolute atomic E-state index is 0.208. The molecular weight excluding hydrogens is 350 g/mol. The summed E-state index contributed by atoms with van der Waals surface area (Å²) in [5, 5.41) is 4.19. The van der Waals surface area contributed by atoms with Gasteiger partial charge in [-0.2, -0.15) is 5.10 Å². The fourth-order valence-corrected chi connectivity index (χ4v) is 3.63. The molecule has 0 aliphatic rings. The van der Waals surface area contributed by atoms with E-state index in [2.05, 4.69) is 9.82 Å². The van der Waals surface area contributed by atoms with Crippen LogP contribution in [0.15, 0.2) is 64.3 Å². The molecule has 0 atom stereocenters. The van der Waals surface area contributed by atoms with Gasteiger partial charge in [0.15, 0.2) is 0 Å². The summed E-state index contributed by atoms with van der Waals surface area (Å²) in [4.78, 5) is 11.7. The lowest BCUT2D eigenvalue weighted by molar-refractivity contribution is 0.601. The van der Waals surface area contributed by atoms with E-state index in [9.17, 15) is 13.2 Å². The van der Waals surface area contributed by atoms with Crippen molar-refractivity contribution in [2.75, 3.05) is 4.72 Å². The Kier molecular flexibility index (Phi) is 4.65. The Morgan fingerprint density at radius 2 is 1.73 bits per heavy atom. The van der Waals surface area contributed by atoms with Crippen molar-refractivity contribution >= 4 is 15.7 Å². The minimum atomic E-state index is -3.69. The lowest BCUT2D eigenvalue weighted by Gasteiger charge is -2.11. The van der Waals surface area contributed by atoms with Gasteiger partial charge in [-0.15, -0.1) is 0 Å². The zero-order chi connectivity index (χ0) is 18.9. The fraction of sp³-hybridized carbons (Fsp3) is 0.158. The molecule has 0 saturated heterocycles. The van der Waals surface area contributed by atoms with Gasteiger partial charge in [0.2, 0.25) is 0 Å². The first-order valence-electron chi connectivity index (χ1n) is 8.01. The van der Waals surface area contributed by atoms with E-state index in [-0.39, 0.29) is 10.5 Å². The summed E-state index contributed by atoms with van der Waals surface area (Å²) >= 11 is 0. The second-order valence-electron chi connectivity index (χ2n) is 6.11. The number of aromatic nitrogens is 2. The molecule has 0 spiro atoms. The minimum Gasteiger partial charge on any atom is -0.280 e. The predicted molar refractivity (Wildman–Crippen MR) is 102 cm³/mol. The largest absolute Gasteiger partial charge is 0.280 e. The standard InChI is InChI=1S/C19H19N3O3S/c1-13-7-8-17(11-14(13)2)26(24,25)21-16-6-4-5-15(12-16)18-9-10-19(23)22(3)20-18/h4-12,21H,1-3H3. The molecule has 0 radical (unpaired) electrons. The van der Waals surface area contributed by atoms with Crippen LogP contribution in [0, 0.1) is 13.8 Å². The zero-order valence-corrected chi connectivity index (χ0v) is 15.5. The molecule has 1 N–H and O–H groups in total. The van der Waals surface area contributed by atoms with Crippen molar-refractivity contribution in [2.24, 2.45) is 7.05 Å². The molecule has 7 heteroatoms. The van der Waals surface area contributed by atoms with E-state index in [0.717, 1.165) is 11.1 Å². The van der Waals surface area contributed by atoms with Crippen molar-refractivity contribution in [3.05, 3.63) is 76.1 Å². The molecule has 0 aliphatic carbocycles. The summed E-state index contributed by atoms with van der Waals surface area (Å²) in [6, 6.07) is 15.0. The van der Waals surface area contributed by atoms with Crippen LogP contribution in [0.4, 0.5) is 5.69 Å². The highest BCUT2D eigenvalue weighted by molar-refractivity contribution is 7.92. The number of rotatable bonds is 4. The van der Waals surface area contributed by atoms with Gasteiger partial charge in [-0.05, 0) is 55.3 Å². The van der Waals surface area contributed by atoms with E-state index in [1.54, 1.807) is 55.6 Å². The molecule has 6 nitrogen and oxygen atoms in total. The van der Waals surface area contributed by atoms with Crippen molar-refractivity contribution in [2.45, 2.75) is 18.7 Å². The molecule has 134 valence electrons. The van der Waals surface area contributed by atoms with Crippen LogP contribution < -0.4 is 10.3 Å². The van der Waals surface area contributed by atoms with Gasteiger partial charge in [-0.1, -0.05) is 18.2 Å². The maximum Gasteiger partial charge on any atom is 0.266 e. The third kappa shape index (κ3) is 3.67. The Balaban J connectivity index is 1.94. The van der Waals surface area contributed by atoms with E-state index in [1.165, 1.54) is 10.7 Å². The molecular formula is C19H19N3O3S. The summed E-state index contributed by atoms with van der Waals surface area (Å²) in [5.74, 6) is 0. The summed E-state index contributed by atoms with van der Waals surface area (Å²) in [5.41, 5.74) is 3.46. The quantitative estimate of drug-likeness (QED) is 0.767. The lowest BCUT2D eigenvalue weighted by atomic mass is 10.1. The third-order valence-corrected chi connectivity index (χ3v) is 5.54. The predicted octanol–water partition coefficient (Wildman–Crippen LogP) is 2.86. The summed E-state index contributed by atoms with van der Waals surface area (Å²) < 4.78 is 29.1. The Hall–Kier alpha value is -2.93. The van der Waals surface area contributed by atoms with E-state index in [0.29, 0.717) is 16.9 Å². The molecule has 0 aliphatic heterocycles. The van der Waals surface area contributed by atoms with E-state index >= 15 is 0 Å². The smallest absolute Gasteiger partial charge is 0.266 e. The Morgan fingerprint density at radius 1 is 0.962 bits per heavy atom. The van der Waals surface area contributed by atoms with E-state index in [1.807, 2.05) is 13.8 Å². The molecule has 1 heterocycles. The van der Waals surface area contributed by atoms with Crippen molar-refractivity contribution in [3.8, 4) is 11.3 Å². The van der Waals surface area contributed by atoms with Crippen LogP contribution in [0.5, 0.6) is 0 Å². The first-order chi connectivity index (χ1) is 12.3. The van der Waals surface area contributed by atoms with Crippen LogP contribution in [0.25, 0.3) is 11.3 Å². The maximum absolute atomic E-state index is 12.6. The van der Waals surface area contributed by atoms with Gasteiger partial charge in [-0.3, -0.25) is 9.52 Å². The summed E-state index contributed by atoms with van der Waals surface area (Å²) in [7, 11) is -2.12. The first kappa shape index (κ1) is 17.9. The lowest BCUT2D eigenvalue weighted by Crippen LogP contribution is -2.18. The molecule has 3 aromatic rings. The highest BCUT2D eigenvalue weighted by atomic mass is 32.2. The van der Waals surface area contributed by atoms with Crippen LogP contribution in [0.1, 0.15) is 11.1 Å². The Labute approximate surface area is 152 Å². The van der Waals surface area contributed by atoms with Gasteiger partial charge in [0.05, 0.1) is 10.6 Å². The number of benzene rings is 2. The molecule has 0 saturated carbocycles. The monoisotopic (exact) mass is 369 g/mol. The number of hydrogen-bond donors (Lipinski definition) is 1. The zero-order valence-electron chi connectivity index (χ0n) is 14.7. The molecule has 26 heavy (non-hydrogen) atoms. The van der Waals surface area contributed by atoms with Crippen LogP contribution in [0.3, 0.4) is 0 Å². The molecule has 1 aromatic heterocycles. The Morgan fingerprint density at radius 3 is 2.42 bits per heavy atom. The molecule has 0 bridgehead atoms. The fourth-order valence-electron chi connectivity index (χ4n) is 2.49. The van der Waals surface area contributed by atoms with Crippen molar-refractivity contribution in [1.29, 1.82) is 0 Å². The van der Waals surface area contributed by atoms with Crippen molar-refractivity contribution in [1.82, 2.24) is 9.78 Å². The number of nitrogens with zero attached hydrogens (tertiary/aromatic N) is 2. The number of hydrogen-bond acceptors (Lipinski definition) is 4. The highest BCUT2D eigenvalue weighted by Gasteiger charge is 2.15. The van der Waals surface area contributed by atoms with Gasteiger partial charge >= 0.3 is 0 Å². The van der Waals surface area contributed by atoms with Crippen LogP contribution >= 0.6 is 0 Å². The molecule has 0 amide bonds. The van der Waals surface area contributed by atoms with Crippen molar-refractivity contribution < 1.29 is 8.42 Å². The number of nitrogens with one attached hydrogen (secondary N) is 1. The Bertz CT molecular complexity index is 1130. The van der Waals surface area contributed by atoms with Gasteiger partial charge in [0, 0.05) is 24.4 Å². The number of sulfonamides is 1.